The molecule has 0 aliphatic heterocycles. The summed E-state index contributed by atoms with van der Waals surface area (Å²) >= 11 is 1.23. The van der Waals surface area contributed by atoms with E-state index in [0.717, 1.165) is 11.3 Å². The molecule has 10 nitrogen and oxygen atoms in total. The molecule has 0 radical (unpaired) electrons. The maximum atomic E-state index is 12.7. The Kier molecular flexibility index (Phi) is 7.42. The maximum Gasteiger partial charge on any atom is 0.270 e. The number of nitro groups is 1. The van der Waals surface area contributed by atoms with Crippen molar-refractivity contribution in [3.63, 3.8) is 0 Å². The van der Waals surface area contributed by atoms with E-state index < -0.39 is 16.7 Å². The van der Waals surface area contributed by atoms with Crippen LogP contribution in [-0.4, -0.2) is 34.0 Å². The molecule has 0 aliphatic rings. The van der Waals surface area contributed by atoms with Crippen LogP contribution in [0.3, 0.4) is 0 Å². The van der Waals surface area contributed by atoms with Gasteiger partial charge in [-0.2, -0.15) is 0 Å². The van der Waals surface area contributed by atoms with Crippen molar-refractivity contribution in [3.05, 3.63) is 100 Å². The second kappa shape index (κ2) is 11.0. The zero-order chi connectivity index (χ0) is 25.5. The molecule has 1 heterocycles. The molecule has 0 spiro atoms. The zero-order valence-electron chi connectivity index (χ0n) is 18.9. The summed E-state index contributed by atoms with van der Waals surface area (Å²) in [6.45, 7) is 0. The number of nitrogens with zero attached hydrogens (tertiary/aromatic N) is 3. The second-order valence-corrected chi connectivity index (χ2v) is 8.33. The second-order valence-electron chi connectivity index (χ2n) is 7.35. The number of nitrogens with one attached hydrogen (secondary N) is 2. The third-order valence-corrected chi connectivity index (χ3v) is 5.77. The third-order valence-electron chi connectivity index (χ3n) is 4.88. The lowest BCUT2D eigenvalue weighted by Crippen LogP contribution is -2.13. The normalized spacial score (nSPS) is 10.7. The van der Waals surface area contributed by atoms with Crippen molar-refractivity contribution < 1.29 is 19.2 Å². The van der Waals surface area contributed by atoms with E-state index in [1.807, 2.05) is 24.3 Å². The lowest BCUT2D eigenvalue weighted by atomic mass is 10.1. The zero-order valence-corrected chi connectivity index (χ0v) is 19.7. The Balaban J connectivity index is 1.38. The van der Waals surface area contributed by atoms with E-state index in [-0.39, 0.29) is 5.69 Å². The average molecular weight is 502 g/mol. The molecule has 4 aromatic rings. The van der Waals surface area contributed by atoms with Gasteiger partial charge in [0, 0.05) is 35.0 Å². The largest absolute Gasteiger partial charge is 0.497 e. The van der Waals surface area contributed by atoms with Crippen molar-refractivity contribution >= 4 is 45.7 Å². The first-order chi connectivity index (χ1) is 17.4. The van der Waals surface area contributed by atoms with Gasteiger partial charge >= 0.3 is 0 Å². The number of carbonyl (C=O) groups excluding carboxylic acids is 2. The Morgan fingerprint density at radius 3 is 2.53 bits per heavy atom. The molecule has 0 saturated heterocycles. The number of nitro benzene ring substituents is 1. The Morgan fingerprint density at radius 1 is 1.00 bits per heavy atom. The molecule has 3 aromatic carbocycles. The van der Waals surface area contributed by atoms with Gasteiger partial charge in [0.2, 0.25) is 11.0 Å². The molecular weight excluding hydrogens is 482 g/mol. The minimum Gasteiger partial charge on any atom is -0.497 e. The molecule has 2 N–H and O–H groups in total. The van der Waals surface area contributed by atoms with Crippen LogP contribution in [0.2, 0.25) is 0 Å². The van der Waals surface area contributed by atoms with Gasteiger partial charge in [0.25, 0.3) is 11.6 Å². The number of ether oxygens (including phenoxy) is 1. The number of rotatable bonds is 8. The monoisotopic (exact) mass is 501 g/mol. The molecule has 0 saturated carbocycles. The smallest absolute Gasteiger partial charge is 0.270 e. The van der Waals surface area contributed by atoms with Crippen molar-refractivity contribution in [3.8, 4) is 16.3 Å². The predicted molar refractivity (Wildman–Crippen MR) is 137 cm³/mol. The first-order valence-electron chi connectivity index (χ1n) is 10.5. The van der Waals surface area contributed by atoms with Gasteiger partial charge in [-0.05, 0) is 54.1 Å². The number of benzene rings is 3. The molecule has 36 heavy (non-hydrogen) atoms. The number of hydrogen-bond donors (Lipinski definition) is 2. The fraction of sp³-hybridized carbons (Fsp3) is 0.0400. The highest BCUT2D eigenvalue weighted by Crippen LogP contribution is 2.28. The number of amides is 2. The molecule has 2 amide bonds. The summed E-state index contributed by atoms with van der Waals surface area (Å²) in [6.07, 6.45) is 2.72. The molecule has 4 rings (SSSR count). The van der Waals surface area contributed by atoms with Crippen LogP contribution in [-0.2, 0) is 4.79 Å². The molecular formula is C25H19N5O5S. The summed E-state index contributed by atoms with van der Waals surface area (Å²) in [5, 5.41) is 25.4. The topological polar surface area (TPSA) is 136 Å². The van der Waals surface area contributed by atoms with Crippen LogP contribution in [0.5, 0.6) is 5.75 Å². The van der Waals surface area contributed by atoms with E-state index in [1.54, 1.807) is 31.4 Å². The van der Waals surface area contributed by atoms with Gasteiger partial charge in [0.1, 0.15) is 10.8 Å². The number of carbonyl (C=O) groups is 2. The maximum absolute atomic E-state index is 12.7. The highest BCUT2D eigenvalue weighted by atomic mass is 32.1. The van der Waals surface area contributed by atoms with Crippen molar-refractivity contribution in [1.82, 2.24) is 10.2 Å². The van der Waals surface area contributed by atoms with Gasteiger partial charge in [0.15, 0.2) is 0 Å². The van der Waals surface area contributed by atoms with Gasteiger partial charge < -0.3 is 10.1 Å². The van der Waals surface area contributed by atoms with E-state index in [0.29, 0.717) is 27.0 Å². The van der Waals surface area contributed by atoms with Crippen LogP contribution in [0.4, 0.5) is 16.5 Å². The van der Waals surface area contributed by atoms with E-state index in [9.17, 15) is 19.7 Å². The van der Waals surface area contributed by atoms with E-state index in [1.165, 1.54) is 47.8 Å². The van der Waals surface area contributed by atoms with E-state index in [2.05, 4.69) is 20.8 Å². The van der Waals surface area contributed by atoms with E-state index in [4.69, 9.17) is 4.74 Å². The number of anilines is 2. The number of aromatic nitrogens is 2. The fourth-order valence-electron chi connectivity index (χ4n) is 3.13. The first kappa shape index (κ1) is 24.2. The van der Waals surface area contributed by atoms with Gasteiger partial charge in [0.05, 0.1) is 12.0 Å². The highest BCUT2D eigenvalue weighted by Gasteiger charge is 2.12. The van der Waals surface area contributed by atoms with Crippen LogP contribution in [0.1, 0.15) is 15.9 Å². The van der Waals surface area contributed by atoms with Crippen molar-refractivity contribution in [2.45, 2.75) is 0 Å². The van der Waals surface area contributed by atoms with Crippen molar-refractivity contribution in [1.29, 1.82) is 0 Å². The van der Waals surface area contributed by atoms with Crippen LogP contribution in [0.15, 0.2) is 78.9 Å². The summed E-state index contributed by atoms with van der Waals surface area (Å²) in [5.41, 5.74) is 2.02. The lowest BCUT2D eigenvalue weighted by molar-refractivity contribution is -0.384. The van der Waals surface area contributed by atoms with Gasteiger partial charge in [-0.3, -0.25) is 25.0 Å². The van der Waals surface area contributed by atoms with Gasteiger partial charge in [-0.15, -0.1) is 10.2 Å². The van der Waals surface area contributed by atoms with Crippen LogP contribution >= 0.6 is 11.3 Å². The Hall–Kier alpha value is -4.90. The standard InChI is InChI=1S/C25H19N5O5S/c1-35-21-11-9-17(10-12-21)24-28-29-25(36-24)27-23(32)18-5-3-6-19(15-18)26-22(31)13-8-16-4-2-7-20(14-16)30(33)34/h2-15H,1H3,(H,26,31)(H,27,29,32)/b13-8+. The van der Waals surface area contributed by atoms with Crippen LogP contribution in [0, 0.1) is 10.1 Å². The fourth-order valence-corrected chi connectivity index (χ4v) is 3.87. The molecule has 0 unspecified atom stereocenters. The average Bonchev–Trinajstić information content (AvgIpc) is 3.36. The predicted octanol–water partition coefficient (Wildman–Crippen LogP) is 5.03. The van der Waals surface area contributed by atoms with Crippen LogP contribution < -0.4 is 15.4 Å². The molecule has 0 fully saturated rings. The minimum atomic E-state index is -0.504. The van der Waals surface area contributed by atoms with E-state index >= 15 is 0 Å². The van der Waals surface area contributed by atoms with Crippen LogP contribution in [0.25, 0.3) is 16.6 Å². The molecule has 0 bridgehead atoms. The minimum absolute atomic E-state index is 0.0668. The van der Waals surface area contributed by atoms with Crippen molar-refractivity contribution in [2.75, 3.05) is 17.7 Å². The Bertz CT molecular complexity index is 1450. The molecule has 180 valence electrons. The highest BCUT2D eigenvalue weighted by molar-refractivity contribution is 7.18. The molecule has 0 aliphatic carbocycles. The summed E-state index contributed by atoms with van der Waals surface area (Å²) in [7, 11) is 1.59. The lowest BCUT2D eigenvalue weighted by Gasteiger charge is -2.05. The van der Waals surface area contributed by atoms with Gasteiger partial charge in [-0.1, -0.05) is 29.5 Å². The summed E-state index contributed by atoms with van der Waals surface area (Å²) in [5.74, 6) is -0.133. The number of hydrogen-bond acceptors (Lipinski definition) is 8. The summed E-state index contributed by atoms with van der Waals surface area (Å²) in [4.78, 5) is 35.4. The summed E-state index contributed by atoms with van der Waals surface area (Å²) in [6, 6.07) is 19.7. The molecule has 0 atom stereocenters. The Labute approximate surface area is 209 Å². The number of non-ortho nitro benzene ring substituents is 1. The third kappa shape index (κ3) is 6.15. The number of methoxy groups -OCH3 is 1. The summed E-state index contributed by atoms with van der Waals surface area (Å²) < 4.78 is 5.15. The van der Waals surface area contributed by atoms with Gasteiger partial charge in [-0.25, -0.2) is 0 Å². The SMILES string of the molecule is COc1ccc(-c2nnc(NC(=O)c3cccc(NC(=O)/C=C/c4cccc([N+](=O)[O-])c4)c3)s2)cc1. The Morgan fingerprint density at radius 2 is 1.78 bits per heavy atom. The quantitative estimate of drug-likeness (QED) is 0.196. The first-order valence-corrected chi connectivity index (χ1v) is 11.4. The van der Waals surface area contributed by atoms with Crippen molar-refractivity contribution in [2.24, 2.45) is 0 Å². The molecule has 1 aromatic heterocycles. The molecule has 11 heteroatoms.